The van der Waals surface area contributed by atoms with Crippen LogP contribution in [0.25, 0.3) is 0 Å². The first-order valence-electron chi connectivity index (χ1n) is 5.78. The molecular weight excluding hydrogens is 228 g/mol. The first-order chi connectivity index (χ1) is 8.81. The van der Waals surface area contributed by atoms with Crippen molar-refractivity contribution in [3.8, 4) is 0 Å². The molecule has 1 heterocycles. The molecule has 1 aliphatic rings. The van der Waals surface area contributed by atoms with Crippen LogP contribution < -0.4 is 0 Å². The second-order valence-corrected chi connectivity index (χ2v) is 4.20. The van der Waals surface area contributed by atoms with E-state index in [0.717, 1.165) is 11.1 Å². The van der Waals surface area contributed by atoms with Gasteiger partial charge in [0.15, 0.2) is 5.60 Å². The fraction of sp³-hybridized carbons (Fsp3) is 0.133. The molecule has 1 fully saturated rings. The van der Waals surface area contributed by atoms with Crippen molar-refractivity contribution in [1.29, 1.82) is 0 Å². The molecular formula is C15H12O3. The summed E-state index contributed by atoms with van der Waals surface area (Å²) in [5.74, 6) is 0. The molecule has 0 radical (unpaired) electrons. The van der Waals surface area contributed by atoms with Gasteiger partial charge < -0.3 is 9.47 Å². The predicted molar refractivity (Wildman–Crippen MR) is 66.1 cm³/mol. The Kier molecular flexibility index (Phi) is 2.52. The molecule has 90 valence electrons. The first kappa shape index (κ1) is 10.8. The van der Waals surface area contributed by atoms with Crippen molar-refractivity contribution in [2.75, 3.05) is 6.61 Å². The molecule has 0 aromatic heterocycles. The van der Waals surface area contributed by atoms with Crippen LogP contribution in [-0.2, 0) is 15.1 Å². The molecule has 0 N–H and O–H groups in total. The second kappa shape index (κ2) is 4.18. The summed E-state index contributed by atoms with van der Waals surface area (Å²) in [7, 11) is 0. The zero-order valence-corrected chi connectivity index (χ0v) is 9.71. The standard InChI is InChI=1S/C15H12O3/c16-14-17-11-15(18-14,12-7-3-1-4-8-12)13-9-5-2-6-10-13/h1-10H,11H2. The Morgan fingerprint density at radius 3 is 1.72 bits per heavy atom. The van der Waals surface area contributed by atoms with Gasteiger partial charge >= 0.3 is 6.16 Å². The van der Waals surface area contributed by atoms with E-state index in [-0.39, 0.29) is 6.61 Å². The van der Waals surface area contributed by atoms with Crippen molar-refractivity contribution >= 4 is 6.16 Å². The van der Waals surface area contributed by atoms with Gasteiger partial charge in [-0.2, -0.15) is 0 Å². The van der Waals surface area contributed by atoms with Crippen LogP contribution in [0.2, 0.25) is 0 Å². The van der Waals surface area contributed by atoms with Crippen LogP contribution >= 0.6 is 0 Å². The number of hydrogen-bond donors (Lipinski definition) is 0. The maximum atomic E-state index is 11.4. The van der Waals surface area contributed by atoms with E-state index >= 15 is 0 Å². The van der Waals surface area contributed by atoms with Gasteiger partial charge in [0.2, 0.25) is 0 Å². The molecule has 2 aromatic carbocycles. The Hall–Kier alpha value is -2.29. The van der Waals surface area contributed by atoms with Crippen LogP contribution in [0.1, 0.15) is 11.1 Å². The third-order valence-corrected chi connectivity index (χ3v) is 3.13. The average molecular weight is 240 g/mol. The molecule has 0 atom stereocenters. The number of carbonyl (C=O) groups is 1. The molecule has 0 spiro atoms. The smallest absolute Gasteiger partial charge is 0.429 e. The van der Waals surface area contributed by atoms with Gasteiger partial charge in [-0.25, -0.2) is 4.79 Å². The summed E-state index contributed by atoms with van der Waals surface area (Å²) in [6.45, 7) is 0.208. The molecule has 2 aromatic rings. The number of rotatable bonds is 2. The molecule has 3 nitrogen and oxygen atoms in total. The van der Waals surface area contributed by atoms with Crippen molar-refractivity contribution in [3.05, 3.63) is 71.8 Å². The van der Waals surface area contributed by atoms with Crippen molar-refractivity contribution in [3.63, 3.8) is 0 Å². The number of carbonyl (C=O) groups excluding carboxylic acids is 1. The Labute approximate surface area is 105 Å². The van der Waals surface area contributed by atoms with Crippen molar-refractivity contribution < 1.29 is 14.3 Å². The van der Waals surface area contributed by atoms with E-state index in [1.807, 2.05) is 60.7 Å². The van der Waals surface area contributed by atoms with Gasteiger partial charge in [0.05, 0.1) is 0 Å². The maximum Gasteiger partial charge on any atom is 0.509 e. The molecule has 0 amide bonds. The molecule has 1 aliphatic heterocycles. The molecule has 0 unspecified atom stereocenters. The summed E-state index contributed by atoms with van der Waals surface area (Å²) >= 11 is 0. The fourth-order valence-corrected chi connectivity index (χ4v) is 2.23. The lowest BCUT2D eigenvalue weighted by molar-refractivity contribution is 0.0838. The van der Waals surface area contributed by atoms with Crippen LogP contribution in [0.5, 0.6) is 0 Å². The summed E-state index contributed by atoms with van der Waals surface area (Å²) in [4.78, 5) is 11.4. The molecule has 3 heteroatoms. The van der Waals surface area contributed by atoms with E-state index in [0.29, 0.717) is 0 Å². The molecule has 0 saturated carbocycles. The number of ether oxygens (including phenoxy) is 2. The van der Waals surface area contributed by atoms with E-state index in [9.17, 15) is 4.79 Å². The highest BCUT2D eigenvalue weighted by atomic mass is 16.8. The van der Waals surface area contributed by atoms with Gasteiger partial charge in [0.1, 0.15) is 6.61 Å². The molecule has 0 aliphatic carbocycles. The SMILES string of the molecule is O=C1OCC(c2ccccc2)(c2ccccc2)O1. The molecule has 0 bridgehead atoms. The average Bonchev–Trinajstić information content (AvgIpc) is 2.84. The molecule has 3 rings (SSSR count). The quantitative estimate of drug-likeness (QED) is 0.757. The van der Waals surface area contributed by atoms with Crippen molar-refractivity contribution in [2.24, 2.45) is 0 Å². The van der Waals surface area contributed by atoms with Crippen LogP contribution in [0, 0.1) is 0 Å². The number of hydrogen-bond acceptors (Lipinski definition) is 3. The topological polar surface area (TPSA) is 35.5 Å². The fourth-order valence-electron chi connectivity index (χ4n) is 2.23. The molecule has 18 heavy (non-hydrogen) atoms. The number of benzene rings is 2. The van der Waals surface area contributed by atoms with Crippen molar-refractivity contribution in [1.82, 2.24) is 0 Å². The highest BCUT2D eigenvalue weighted by Gasteiger charge is 2.45. The summed E-state index contributed by atoms with van der Waals surface area (Å²) < 4.78 is 10.5. The summed E-state index contributed by atoms with van der Waals surface area (Å²) in [6, 6.07) is 19.3. The highest BCUT2D eigenvalue weighted by molar-refractivity contribution is 5.65. The molecule has 1 saturated heterocycles. The monoisotopic (exact) mass is 240 g/mol. The normalized spacial score (nSPS) is 17.0. The highest BCUT2D eigenvalue weighted by Crippen LogP contribution is 2.38. The van der Waals surface area contributed by atoms with Gasteiger partial charge in [-0.15, -0.1) is 0 Å². The largest absolute Gasteiger partial charge is 0.509 e. The third kappa shape index (κ3) is 1.64. The van der Waals surface area contributed by atoms with Gasteiger partial charge in [-0.05, 0) is 0 Å². The Morgan fingerprint density at radius 2 is 1.33 bits per heavy atom. The Balaban J connectivity index is 2.14. The van der Waals surface area contributed by atoms with Crippen LogP contribution in [-0.4, -0.2) is 12.8 Å². The van der Waals surface area contributed by atoms with E-state index in [4.69, 9.17) is 9.47 Å². The minimum absolute atomic E-state index is 0.208. The predicted octanol–water partition coefficient (Wildman–Crippen LogP) is 3.10. The summed E-state index contributed by atoms with van der Waals surface area (Å²) in [5, 5.41) is 0. The number of cyclic esters (lactones) is 2. The minimum Gasteiger partial charge on any atom is -0.429 e. The summed E-state index contributed by atoms with van der Waals surface area (Å²) in [6.07, 6.45) is -0.622. The van der Waals surface area contributed by atoms with Crippen LogP contribution in [0.4, 0.5) is 4.79 Å². The zero-order valence-electron chi connectivity index (χ0n) is 9.71. The van der Waals surface area contributed by atoms with Crippen LogP contribution in [0.3, 0.4) is 0 Å². The van der Waals surface area contributed by atoms with E-state index in [2.05, 4.69) is 0 Å². The summed E-state index contributed by atoms with van der Waals surface area (Å²) in [5.41, 5.74) is 1.02. The second-order valence-electron chi connectivity index (χ2n) is 4.20. The van der Waals surface area contributed by atoms with Crippen LogP contribution in [0.15, 0.2) is 60.7 Å². The zero-order chi connectivity index (χ0) is 12.4. The Bertz CT molecular complexity index is 509. The third-order valence-electron chi connectivity index (χ3n) is 3.13. The van der Waals surface area contributed by atoms with E-state index < -0.39 is 11.8 Å². The van der Waals surface area contributed by atoms with Gasteiger partial charge in [0, 0.05) is 11.1 Å². The minimum atomic E-state index is -0.820. The van der Waals surface area contributed by atoms with Gasteiger partial charge in [-0.1, -0.05) is 60.7 Å². The lowest BCUT2D eigenvalue weighted by Gasteiger charge is -2.25. The van der Waals surface area contributed by atoms with E-state index in [1.54, 1.807) is 0 Å². The first-order valence-corrected chi connectivity index (χ1v) is 5.78. The van der Waals surface area contributed by atoms with Gasteiger partial charge in [0.25, 0.3) is 0 Å². The van der Waals surface area contributed by atoms with Crippen molar-refractivity contribution in [2.45, 2.75) is 5.60 Å². The van der Waals surface area contributed by atoms with Gasteiger partial charge in [-0.3, -0.25) is 0 Å². The van der Waals surface area contributed by atoms with E-state index in [1.165, 1.54) is 0 Å². The lowest BCUT2D eigenvalue weighted by atomic mass is 9.87. The lowest BCUT2D eigenvalue weighted by Crippen LogP contribution is -2.30. The maximum absolute atomic E-state index is 11.4. The Morgan fingerprint density at radius 1 is 0.833 bits per heavy atom.